The molecule has 0 spiro atoms. The van der Waals surface area contributed by atoms with Crippen molar-refractivity contribution in [1.82, 2.24) is 9.55 Å². The molecule has 8 nitrogen and oxygen atoms in total. The Kier molecular flexibility index (Phi) is 10.3. The number of aromatic amines is 1. The second kappa shape index (κ2) is 13.4. The first-order valence-electron chi connectivity index (χ1n) is 12.5. The van der Waals surface area contributed by atoms with E-state index in [1.165, 1.54) is 19.3 Å². The number of aryl methyl sites for hydroxylation is 1. The van der Waals surface area contributed by atoms with E-state index in [2.05, 4.69) is 12.8 Å². The molecule has 1 fully saturated rings. The van der Waals surface area contributed by atoms with Crippen LogP contribution in [-0.2, 0) is 26.8 Å². The summed E-state index contributed by atoms with van der Waals surface area (Å²) in [5, 5.41) is 0. The largest absolute Gasteiger partial charge is 0.459 e. The molecule has 1 aliphatic rings. The Balaban J connectivity index is 1.64. The first-order valence-corrected chi connectivity index (χ1v) is 12.5. The number of rotatable bonds is 12. The molecule has 2 aromatic rings. The zero-order valence-electron chi connectivity index (χ0n) is 21.1. The van der Waals surface area contributed by atoms with Crippen molar-refractivity contribution in [2.45, 2.75) is 76.5 Å². The Morgan fingerprint density at radius 3 is 2.55 bits per heavy atom. The maximum atomic E-state index is 13.2. The molecule has 11 heteroatoms. The predicted octanol–water partition coefficient (Wildman–Crippen LogP) is 4.23. The fraction of sp³-hybridized carbons (Fsp3) is 0.519. The SMILES string of the molecule is C#CCO[C@H]1C[C@H](n2cc(C(F)(F)F)c(=O)[nH]c2=O)O[C@@H]1COC(=O)c1ccc(CCCCCCC)cc1. The number of esters is 1. The molecule has 0 radical (unpaired) electrons. The number of aromatic nitrogens is 2. The third-order valence-corrected chi connectivity index (χ3v) is 6.28. The third-order valence-electron chi connectivity index (χ3n) is 6.28. The van der Waals surface area contributed by atoms with E-state index in [9.17, 15) is 27.6 Å². The molecule has 1 aromatic heterocycles. The third kappa shape index (κ3) is 7.82. The number of nitrogens with zero attached hydrogens (tertiary/aromatic N) is 1. The van der Waals surface area contributed by atoms with Crippen LogP contribution in [0.25, 0.3) is 0 Å². The molecule has 0 aliphatic carbocycles. The van der Waals surface area contributed by atoms with Crippen LogP contribution in [-0.4, -0.2) is 40.9 Å². The van der Waals surface area contributed by atoms with E-state index in [1.807, 2.05) is 12.1 Å². The highest BCUT2D eigenvalue weighted by molar-refractivity contribution is 5.89. The summed E-state index contributed by atoms with van der Waals surface area (Å²) in [6.07, 6.45) is 4.51. The topological polar surface area (TPSA) is 99.6 Å². The van der Waals surface area contributed by atoms with Gasteiger partial charge >= 0.3 is 17.8 Å². The normalized spacial score (nSPS) is 19.3. The van der Waals surface area contributed by atoms with Gasteiger partial charge in [0.05, 0.1) is 11.7 Å². The molecular weight excluding hydrogens is 505 g/mol. The highest BCUT2D eigenvalue weighted by atomic mass is 19.4. The predicted molar refractivity (Wildman–Crippen MR) is 133 cm³/mol. The number of hydrogen-bond acceptors (Lipinski definition) is 6. The molecule has 1 saturated heterocycles. The van der Waals surface area contributed by atoms with E-state index in [1.54, 1.807) is 17.1 Å². The second-order valence-corrected chi connectivity index (χ2v) is 9.09. The van der Waals surface area contributed by atoms with Gasteiger partial charge in [-0.3, -0.25) is 14.3 Å². The maximum absolute atomic E-state index is 13.2. The summed E-state index contributed by atoms with van der Waals surface area (Å²) >= 11 is 0. The van der Waals surface area contributed by atoms with Crippen LogP contribution in [0.1, 0.15) is 73.2 Å². The number of ether oxygens (including phenoxy) is 3. The van der Waals surface area contributed by atoms with Gasteiger partial charge < -0.3 is 14.2 Å². The summed E-state index contributed by atoms with van der Waals surface area (Å²) < 4.78 is 56.8. The van der Waals surface area contributed by atoms with Crippen LogP contribution >= 0.6 is 0 Å². The van der Waals surface area contributed by atoms with E-state index < -0.39 is 47.4 Å². The molecule has 38 heavy (non-hydrogen) atoms. The van der Waals surface area contributed by atoms with Crippen molar-refractivity contribution in [2.75, 3.05) is 13.2 Å². The Morgan fingerprint density at radius 2 is 1.89 bits per heavy atom. The van der Waals surface area contributed by atoms with Gasteiger partial charge in [-0.2, -0.15) is 13.2 Å². The van der Waals surface area contributed by atoms with Crippen LogP contribution in [0.15, 0.2) is 40.1 Å². The lowest BCUT2D eigenvalue weighted by atomic mass is 10.0. The molecule has 0 amide bonds. The van der Waals surface area contributed by atoms with E-state index in [4.69, 9.17) is 20.6 Å². The lowest BCUT2D eigenvalue weighted by Crippen LogP contribution is -2.36. The van der Waals surface area contributed by atoms with Gasteiger partial charge in [0.25, 0.3) is 5.56 Å². The summed E-state index contributed by atoms with van der Waals surface area (Å²) in [4.78, 5) is 38.1. The second-order valence-electron chi connectivity index (χ2n) is 9.09. The number of carbonyl (C=O) groups is 1. The minimum atomic E-state index is -4.97. The van der Waals surface area contributed by atoms with E-state index in [0.717, 1.165) is 24.8 Å². The Labute approximate surface area is 218 Å². The van der Waals surface area contributed by atoms with Gasteiger partial charge in [-0.15, -0.1) is 6.42 Å². The molecule has 1 aromatic carbocycles. The van der Waals surface area contributed by atoms with Gasteiger partial charge in [-0.1, -0.05) is 50.7 Å². The molecule has 3 atom stereocenters. The zero-order chi connectivity index (χ0) is 27.7. The number of terminal acetylenes is 1. The van der Waals surface area contributed by atoms with Crippen LogP contribution in [0, 0.1) is 12.3 Å². The summed E-state index contributed by atoms with van der Waals surface area (Å²) in [6.45, 7) is 1.76. The molecule has 206 valence electrons. The molecule has 1 N–H and O–H groups in total. The number of alkyl halides is 3. The van der Waals surface area contributed by atoms with Crippen molar-refractivity contribution >= 4 is 5.97 Å². The average molecular weight is 537 g/mol. The average Bonchev–Trinajstić information content (AvgIpc) is 3.28. The number of benzene rings is 1. The zero-order valence-corrected chi connectivity index (χ0v) is 21.1. The highest BCUT2D eigenvalue weighted by Gasteiger charge is 2.40. The lowest BCUT2D eigenvalue weighted by molar-refractivity contribution is -0.139. The van der Waals surface area contributed by atoms with Gasteiger partial charge in [0.1, 0.15) is 31.1 Å². The Hall–Kier alpha value is -3.36. The van der Waals surface area contributed by atoms with Gasteiger partial charge in [-0.05, 0) is 30.5 Å². The standard InChI is InChI=1S/C27H31F3N2O6/c1-3-5-6-7-8-9-18-10-12-19(13-11-18)25(34)37-17-22-21(36-14-4-2)15-23(38-22)32-16-20(27(28,29)30)24(33)31-26(32)35/h2,10-13,16,21-23H,3,5-9,14-15,17H2,1H3,(H,31,33,35)/t21-,22+,23+/m0/s1. The van der Waals surface area contributed by atoms with Gasteiger partial charge in [0.2, 0.25) is 0 Å². The van der Waals surface area contributed by atoms with Gasteiger partial charge in [0, 0.05) is 12.6 Å². The van der Waals surface area contributed by atoms with Crippen LogP contribution in [0.2, 0.25) is 0 Å². The quantitative estimate of drug-likeness (QED) is 0.248. The number of H-pyrrole nitrogens is 1. The van der Waals surface area contributed by atoms with Crippen LogP contribution in [0.3, 0.4) is 0 Å². The minimum Gasteiger partial charge on any atom is -0.459 e. The van der Waals surface area contributed by atoms with Crippen molar-refractivity contribution in [1.29, 1.82) is 0 Å². The van der Waals surface area contributed by atoms with E-state index >= 15 is 0 Å². The van der Waals surface area contributed by atoms with Crippen molar-refractivity contribution in [3.63, 3.8) is 0 Å². The molecule has 2 heterocycles. The summed E-state index contributed by atoms with van der Waals surface area (Å²) in [5.41, 5.74) is -2.72. The van der Waals surface area contributed by atoms with E-state index in [-0.39, 0.29) is 19.6 Å². The van der Waals surface area contributed by atoms with E-state index in [0.29, 0.717) is 16.3 Å². The highest BCUT2D eigenvalue weighted by Crippen LogP contribution is 2.32. The fourth-order valence-corrected chi connectivity index (χ4v) is 4.23. The Bertz CT molecular complexity index is 1230. The van der Waals surface area contributed by atoms with Crippen molar-refractivity contribution in [3.8, 4) is 12.3 Å². The number of halogens is 3. The van der Waals surface area contributed by atoms with Crippen molar-refractivity contribution < 1.29 is 32.2 Å². The monoisotopic (exact) mass is 536 g/mol. The summed E-state index contributed by atoms with van der Waals surface area (Å²) in [6, 6.07) is 7.09. The summed E-state index contributed by atoms with van der Waals surface area (Å²) in [7, 11) is 0. The number of nitrogens with one attached hydrogen (secondary N) is 1. The van der Waals surface area contributed by atoms with Gasteiger partial charge in [-0.25, -0.2) is 9.59 Å². The smallest absolute Gasteiger partial charge is 0.423 e. The minimum absolute atomic E-state index is 0.0555. The number of unbranched alkanes of at least 4 members (excludes halogenated alkanes) is 4. The Morgan fingerprint density at radius 1 is 1.18 bits per heavy atom. The van der Waals surface area contributed by atoms with Crippen LogP contribution in [0.4, 0.5) is 13.2 Å². The van der Waals surface area contributed by atoms with Crippen molar-refractivity contribution in [3.05, 3.63) is 68.0 Å². The molecule has 0 unspecified atom stereocenters. The molecule has 1 aliphatic heterocycles. The first kappa shape index (κ1) is 29.2. The molecule has 3 rings (SSSR count). The first-order chi connectivity index (χ1) is 18.1. The van der Waals surface area contributed by atoms with Crippen LogP contribution < -0.4 is 11.2 Å². The fourth-order valence-electron chi connectivity index (χ4n) is 4.23. The van der Waals surface area contributed by atoms with Crippen LogP contribution in [0.5, 0.6) is 0 Å². The number of hydrogen-bond donors (Lipinski definition) is 1. The molecule has 0 bridgehead atoms. The molecule has 0 saturated carbocycles. The maximum Gasteiger partial charge on any atom is 0.423 e. The lowest BCUT2D eigenvalue weighted by Gasteiger charge is -2.18. The number of carbonyl (C=O) groups excluding carboxylic acids is 1. The molecular formula is C27H31F3N2O6. The van der Waals surface area contributed by atoms with Gasteiger partial charge in [0.15, 0.2) is 0 Å². The summed E-state index contributed by atoms with van der Waals surface area (Å²) in [5.74, 6) is 1.68. The van der Waals surface area contributed by atoms with Crippen molar-refractivity contribution in [2.24, 2.45) is 0 Å².